The molecule has 0 radical (unpaired) electrons. The van der Waals surface area contributed by atoms with Crippen LogP contribution in [0.5, 0.6) is 0 Å². The number of anilines is 2. The highest BCUT2D eigenvalue weighted by Crippen LogP contribution is 2.40. The van der Waals surface area contributed by atoms with Crippen LogP contribution in [0.4, 0.5) is 11.5 Å². The van der Waals surface area contributed by atoms with Gasteiger partial charge in [-0.3, -0.25) is 9.48 Å². The van der Waals surface area contributed by atoms with Crippen molar-refractivity contribution >= 4 is 17.4 Å². The average molecular weight is 220 g/mol. The molecule has 1 spiro atoms. The van der Waals surface area contributed by atoms with Gasteiger partial charge in [0.1, 0.15) is 17.0 Å². The van der Waals surface area contributed by atoms with Crippen LogP contribution in [0.1, 0.15) is 31.4 Å². The molecule has 5 heteroatoms. The van der Waals surface area contributed by atoms with Crippen LogP contribution in [-0.2, 0) is 11.8 Å². The molecular weight excluding hydrogens is 204 g/mol. The smallest absolute Gasteiger partial charge is 0.250 e. The molecule has 3 rings (SSSR count). The molecule has 1 aliphatic heterocycles. The first-order valence-electron chi connectivity index (χ1n) is 5.76. The van der Waals surface area contributed by atoms with Crippen LogP contribution in [-0.4, -0.2) is 21.2 Å². The first-order chi connectivity index (χ1) is 7.62. The van der Waals surface area contributed by atoms with E-state index in [9.17, 15) is 4.79 Å². The topological polar surface area (TPSA) is 59.0 Å². The van der Waals surface area contributed by atoms with Crippen molar-refractivity contribution in [1.82, 2.24) is 9.78 Å². The molecule has 16 heavy (non-hydrogen) atoms. The minimum Gasteiger partial charge on any atom is -0.354 e. The van der Waals surface area contributed by atoms with E-state index in [1.807, 2.05) is 18.7 Å². The zero-order valence-electron chi connectivity index (χ0n) is 9.63. The highest BCUT2D eigenvalue weighted by Gasteiger charge is 2.45. The van der Waals surface area contributed by atoms with E-state index in [-0.39, 0.29) is 11.4 Å². The first-order valence-corrected chi connectivity index (χ1v) is 5.76. The number of nitrogens with zero attached hydrogens (tertiary/aromatic N) is 2. The van der Waals surface area contributed by atoms with Crippen LogP contribution in [0.15, 0.2) is 0 Å². The quantitative estimate of drug-likeness (QED) is 0.695. The van der Waals surface area contributed by atoms with Gasteiger partial charge in [-0.05, 0) is 19.8 Å². The van der Waals surface area contributed by atoms with Crippen molar-refractivity contribution < 1.29 is 4.79 Å². The maximum Gasteiger partial charge on any atom is 0.250 e. The minimum absolute atomic E-state index is 0.105. The van der Waals surface area contributed by atoms with Crippen molar-refractivity contribution in [2.45, 2.75) is 38.1 Å². The molecule has 0 bridgehead atoms. The van der Waals surface area contributed by atoms with Crippen LogP contribution in [0.25, 0.3) is 0 Å². The molecule has 2 aliphatic rings. The van der Waals surface area contributed by atoms with Crippen LogP contribution >= 0.6 is 0 Å². The predicted molar refractivity (Wildman–Crippen MR) is 61.4 cm³/mol. The lowest BCUT2D eigenvalue weighted by Gasteiger charge is -2.34. The Bertz CT molecular complexity index is 457. The van der Waals surface area contributed by atoms with Gasteiger partial charge in [-0.15, -0.1) is 0 Å². The largest absolute Gasteiger partial charge is 0.354 e. The standard InChI is InChI=1S/C11H16N4O/c1-7-8-9(15(2)14-7)13-11(10(16)12-8)5-3-4-6-11/h13H,3-6H2,1-2H3,(H,12,16). The maximum atomic E-state index is 12.1. The van der Waals surface area contributed by atoms with Gasteiger partial charge in [-0.25, -0.2) is 0 Å². The zero-order valence-corrected chi connectivity index (χ0v) is 9.63. The fourth-order valence-corrected chi connectivity index (χ4v) is 2.80. The molecular formula is C11H16N4O. The monoisotopic (exact) mass is 220 g/mol. The van der Waals surface area contributed by atoms with E-state index >= 15 is 0 Å². The maximum absolute atomic E-state index is 12.1. The Morgan fingerprint density at radius 2 is 2.06 bits per heavy atom. The molecule has 2 N–H and O–H groups in total. The number of carbonyl (C=O) groups excluding carboxylic acids is 1. The number of rotatable bonds is 0. The van der Waals surface area contributed by atoms with Gasteiger partial charge in [0.15, 0.2) is 0 Å². The highest BCUT2D eigenvalue weighted by atomic mass is 16.2. The van der Waals surface area contributed by atoms with E-state index in [1.54, 1.807) is 0 Å². The predicted octanol–water partition coefficient (Wildman–Crippen LogP) is 1.41. The second-order valence-electron chi connectivity index (χ2n) is 4.80. The normalized spacial score (nSPS) is 21.8. The highest BCUT2D eigenvalue weighted by molar-refractivity contribution is 6.06. The number of carbonyl (C=O) groups is 1. The first kappa shape index (κ1) is 9.69. The molecule has 1 aliphatic carbocycles. The SMILES string of the molecule is Cc1nn(C)c2c1NC(=O)C1(CCCC1)N2. The van der Waals surface area contributed by atoms with Crippen LogP contribution in [0.2, 0.25) is 0 Å². The van der Waals surface area contributed by atoms with Crippen molar-refractivity contribution in [3.05, 3.63) is 5.69 Å². The Hall–Kier alpha value is -1.52. The molecule has 1 amide bonds. The summed E-state index contributed by atoms with van der Waals surface area (Å²) in [5.41, 5.74) is 1.32. The molecule has 0 atom stereocenters. The van der Waals surface area contributed by atoms with E-state index in [0.717, 1.165) is 42.9 Å². The Kier molecular flexibility index (Phi) is 1.81. The fourth-order valence-electron chi connectivity index (χ4n) is 2.80. The summed E-state index contributed by atoms with van der Waals surface area (Å²) >= 11 is 0. The van der Waals surface area contributed by atoms with Crippen LogP contribution in [0.3, 0.4) is 0 Å². The van der Waals surface area contributed by atoms with Crippen molar-refractivity contribution in [1.29, 1.82) is 0 Å². The summed E-state index contributed by atoms with van der Waals surface area (Å²) < 4.78 is 1.81. The third-order valence-electron chi connectivity index (χ3n) is 3.71. The Balaban J connectivity index is 2.07. The van der Waals surface area contributed by atoms with Crippen molar-refractivity contribution in [2.75, 3.05) is 10.6 Å². The Morgan fingerprint density at radius 1 is 1.38 bits per heavy atom. The molecule has 0 saturated heterocycles. The molecule has 5 nitrogen and oxygen atoms in total. The van der Waals surface area contributed by atoms with E-state index in [1.165, 1.54) is 0 Å². The summed E-state index contributed by atoms with van der Waals surface area (Å²) in [5.74, 6) is 1.05. The van der Waals surface area contributed by atoms with Crippen molar-refractivity contribution in [2.24, 2.45) is 7.05 Å². The van der Waals surface area contributed by atoms with E-state index in [2.05, 4.69) is 15.7 Å². The number of fused-ring (bicyclic) bond motifs is 1. The van der Waals surface area contributed by atoms with Gasteiger partial charge in [0, 0.05) is 7.05 Å². The second kappa shape index (κ2) is 2.99. The lowest BCUT2D eigenvalue weighted by Crippen LogP contribution is -2.50. The number of hydrogen-bond acceptors (Lipinski definition) is 3. The lowest BCUT2D eigenvalue weighted by molar-refractivity contribution is -0.120. The number of amides is 1. The summed E-state index contributed by atoms with van der Waals surface area (Å²) in [6.45, 7) is 1.91. The van der Waals surface area contributed by atoms with Gasteiger partial charge in [0.2, 0.25) is 5.91 Å². The number of hydrogen-bond donors (Lipinski definition) is 2. The minimum atomic E-state index is -0.382. The molecule has 1 aromatic rings. The van der Waals surface area contributed by atoms with Crippen LogP contribution in [0, 0.1) is 6.92 Å². The Morgan fingerprint density at radius 3 is 2.75 bits per heavy atom. The summed E-state index contributed by atoms with van der Waals surface area (Å²) in [4.78, 5) is 12.1. The fraction of sp³-hybridized carbons (Fsp3) is 0.636. The number of nitrogens with one attached hydrogen (secondary N) is 2. The van der Waals surface area contributed by atoms with Crippen LogP contribution < -0.4 is 10.6 Å². The third-order valence-corrected chi connectivity index (χ3v) is 3.71. The number of aromatic nitrogens is 2. The van der Waals surface area contributed by atoms with Crippen molar-refractivity contribution in [3.63, 3.8) is 0 Å². The summed E-state index contributed by atoms with van der Waals surface area (Å²) in [5, 5.41) is 10.7. The van der Waals surface area contributed by atoms with Gasteiger partial charge in [0.05, 0.1) is 5.69 Å². The molecule has 86 valence electrons. The molecule has 1 fully saturated rings. The molecule has 0 unspecified atom stereocenters. The molecule has 1 aromatic heterocycles. The van der Waals surface area contributed by atoms with Gasteiger partial charge in [0.25, 0.3) is 0 Å². The second-order valence-corrected chi connectivity index (χ2v) is 4.80. The molecule has 0 aromatic carbocycles. The van der Waals surface area contributed by atoms with E-state index < -0.39 is 0 Å². The van der Waals surface area contributed by atoms with Gasteiger partial charge in [-0.2, -0.15) is 5.10 Å². The summed E-state index contributed by atoms with van der Waals surface area (Å²) in [7, 11) is 1.90. The van der Waals surface area contributed by atoms with Gasteiger partial charge < -0.3 is 10.6 Å². The van der Waals surface area contributed by atoms with E-state index in [0.29, 0.717) is 0 Å². The van der Waals surface area contributed by atoms with Gasteiger partial charge >= 0.3 is 0 Å². The average Bonchev–Trinajstić information content (AvgIpc) is 2.79. The van der Waals surface area contributed by atoms with Gasteiger partial charge in [-0.1, -0.05) is 12.8 Å². The Labute approximate surface area is 94.2 Å². The third kappa shape index (κ3) is 1.11. The zero-order chi connectivity index (χ0) is 11.3. The summed E-state index contributed by atoms with van der Waals surface area (Å²) in [6.07, 6.45) is 4.07. The van der Waals surface area contributed by atoms with Crippen molar-refractivity contribution in [3.8, 4) is 0 Å². The molecule has 2 heterocycles. The van der Waals surface area contributed by atoms with E-state index in [4.69, 9.17) is 0 Å². The number of aryl methyl sites for hydroxylation is 2. The lowest BCUT2D eigenvalue weighted by atomic mass is 9.94. The molecule has 1 saturated carbocycles. The summed E-state index contributed by atoms with van der Waals surface area (Å²) in [6, 6.07) is 0.